The molecule has 1 aromatic heterocycles. The molecule has 2 N–H and O–H groups in total. The highest BCUT2D eigenvalue weighted by atomic mass is 16.6. The topological polar surface area (TPSA) is 117 Å². The number of nitro benzene ring substituents is 1. The molecule has 1 amide bonds. The van der Waals surface area contributed by atoms with Crippen molar-refractivity contribution in [2.24, 2.45) is 5.73 Å². The molecule has 8 heteroatoms. The minimum Gasteiger partial charge on any atom is -0.496 e. The van der Waals surface area contributed by atoms with Crippen molar-refractivity contribution in [2.75, 3.05) is 7.11 Å². The Bertz CT molecular complexity index is 1120. The predicted molar refractivity (Wildman–Crippen MR) is 103 cm³/mol. The third kappa shape index (κ3) is 3.90. The average molecular weight is 379 g/mol. The molecule has 0 fully saturated rings. The van der Waals surface area contributed by atoms with Crippen LogP contribution in [0.2, 0.25) is 0 Å². The maximum atomic E-state index is 12.2. The molecule has 8 nitrogen and oxygen atoms in total. The van der Waals surface area contributed by atoms with E-state index in [9.17, 15) is 19.7 Å². The number of benzene rings is 2. The number of hydrogen-bond donors (Lipinski definition) is 1. The molecule has 3 aromatic rings. The quantitative estimate of drug-likeness (QED) is 0.522. The lowest BCUT2D eigenvalue weighted by Crippen LogP contribution is -2.22. The lowest BCUT2D eigenvalue weighted by molar-refractivity contribution is -0.384. The Balaban J connectivity index is 2.00. The third-order valence-electron chi connectivity index (χ3n) is 4.27. The number of carbonyl (C=O) groups excluding carboxylic acids is 1. The molecule has 0 unspecified atom stereocenters. The van der Waals surface area contributed by atoms with Crippen LogP contribution in [0.25, 0.3) is 11.1 Å². The van der Waals surface area contributed by atoms with Crippen LogP contribution in [0, 0.1) is 10.1 Å². The molecule has 0 spiro atoms. The van der Waals surface area contributed by atoms with Crippen LogP contribution < -0.4 is 16.0 Å². The summed E-state index contributed by atoms with van der Waals surface area (Å²) in [4.78, 5) is 34.0. The van der Waals surface area contributed by atoms with Crippen molar-refractivity contribution in [1.29, 1.82) is 0 Å². The molecular weight excluding hydrogens is 362 g/mol. The van der Waals surface area contributed by atoms with Gasteiger partial charge in [0.05, 0.1) is 18.6 Å². The molecule has 28 heavy (non-hydrogen) atoms. The van der Waals surface area contributed by atoms with Gasteiger partial charge in [0.2, 0.25) is 5.91 Å². The van der Waals surface area contributed by atoms with Crippen molar-refractivity contribution in [1.82, 2.24) is 4.57 Å². The van der Waals surface area contributed by atoms with Gasteiger partial charge in [-0.3, -0.25) is 19.7 Å². The zero-order valence-corrected chi connectivity index (χ0v) is 15.0. The highest BCUT2D eigenvalue weighted by molar-refractivity contribution is 5.92. The Hall–Kier alpha value is -3.94. The molecule has 0 atom stereocenters. The van der Waals surface area contributed by atoms with Crippen molar-refractivity contribution in [2.45, 2.75) is 6.54 Å². The van der Waals surface area contributed by atoms with E-state index in [0.29, 0.717) is 16.9 Å². The summed E-state index contributed by atoms with van der Waals surface area (Å²) in [7, 11) is 1.52. The number of methoxy groups -OCH3 is 1. The number of amides is 1. The molecule has 0 aliphatic carbocycles. The van der Waals surface area contributed by atoms with Gasteiger partial charge < -0.3 is 15.0 Å². The molecule has 0 radical (unpaired) electrons. The summed E-state index contributed by atoms with van der Waals surface area (Å²) in [6.45, 7) is 0.254. The van der Waals surface area contributed by atoms with Crippen molar-refractivity contribution in [3.05, 3.63) is 92.4 Å². The Labute approximate surface area is 159 Å². The van der Waals surface area contributed by atoms with Crippen LogP contribution in [0.4, 0.5) is 5.69 Å². The van der Waals surface area contributed by atoms with E-state index in [0.717, 1.165) is 5.56 Å². The van der Waals surface area contributed by atoms with Crippen LogP contribution >= 0.6 is 0 Å². The van der Waals surface area contributed by atoms with Crippen LogP contribution in [-0.2, 0) is 6.54 Å². The van der Waals surface area contributed by atoms with Crippen molar-refractivity contribution in [3.8, 4) is 16.9 Å². The largest absolute Gasteiger partial charge is 0.496 e. The fraction of sp³-hybridized carbons (Fsp3) is 0.100. The molecule has 2 aromatic carbocycles. The second-order valence-corrected chi connectivity index (χ2v) is 6.09. The highest BCUT2D eigenvalue weighted by Crippen LogP contribution is 2.33. The smallest absolute Gasteiger partial charge is 0.270 e. The molecule has 0 saturated carbocycles. The fourth-order valence-electron chi connectivity index (χ4n) is 2.85. The molecule has 0 saturated heterocycles. The Kier molecular flexibility index (Phi) is 5.21. The standard InChI is InChI=1S/C20H17N3O5/c1-28-18-6-5-13(12-22-8-7-15(20(21)25)11-19(22)24)9-17(18)14-3-2-4-16(10-14)23(26)27/h2-11H,12H2,1H3,(H2,21,25). The second-order valence-electron chi connectivity index (χ2n) is 6.09. The summed E-state index contributed by atoms with van der Waals surface area (Å²) in [6, 6.07) is 14.3. The number of carbonyl (C=O) groups is 1. The number of nitrogens with two attached hydrogens (primary N) is 1. The first-order valence-electron chi connectivity index (χ1n) is 8.31. The van der Waals surface area contributed by atoms with Gasteiger partial charge in [-0.25, -0.2) is 0 Å². The first kappa shape index (κ1) is 18.8. The summed E-state index contributed by atoms with van der Waals surface area (Å²) in [5, 5.41) is 11.1. The monoisotopic (exact) mass is 379 g/mol. The van der Waals surface area contributed by atoms with Gasteiger partial charge >= 0.3 is 0 Å². The first-order valence-corrected chi connectivity index (χ1v) is 8.31. The predicted octanol–water partition coefficient (Wildman–Crippen LogP) is 2.58. The maximum absolute atomic E-state index is 12.2. The second kappa shape index (κ2) is 7.75. The Morgan fingerprint density at radius 3 is 2.61 bits per heavy atom. The molecule has 1 heterocycles. The summed E-state index contributed by atoms with van der Waals surface area (Å²) >= 11 is 0. The van der Waals surface area contributed by atoms with Gasteiger partial charge in [-0.05, 0) is 29.3 Å². The molecule has 0 aliphatic rings. The summed E-state index contributed by atoms with van der Waals surface area (Å²) in [6.07, 6.45) is 1.50. The summed E-state index contributed by atoms with van der Waals surface area (Å²) in [5.74, 6) is -0.109. The number of nitro groups is 1. The SMILES string of the molecule is COc1ccc(Cn2ccc(C(N)=O)cc2=O)cc1-c1cccc([N+](=O)[O-])c1. The zero-order chi connectivity index (χ0) is 20.3. The molecular formula is C20H17N3O5. The minimum absolute atomic E-state index is 0.0248. The van der Waals surface area contributed by atoms with E-state index in [-0.39, 0.29) is 23.4 Å². The van der Waals surface area contributed by atoms with Gasteiger partial charge in [0.15, 0.2) is 0 Å². The van der Waals surface area contributed by atoms with Crippen LogP contribution in [0.15, 0.2) is 65.6 Å². The van der Waals surface area contributed by atoms with Crippen molar-refractivity contribution < 1.29 is 14.5 Å². The van der Waals surface area contributed by atoms with E-state index in [4.69, 9.17) is 10.5 Å². The van der Waals surface area contributed by atoms with E-state index in [1.165, 1.54) is 42.1 Å². The lowest BCUT2D eigenvalue weighted by Gasteiger charge is -2.12. The van der Waals surface area contributed by atoms with Crippen LogP contribution in [-0.4, -0.2) is 22.5 Å². The van der Waals surface area contributed by atoms with Crippen LogP contribution in [0.3, 0.4) is 0 Å². The lowest BCUT2D eigenvalue weighted by atomic mass is 10.0. The van der Waals surface area contributed by atoms with Crippen molar-refractivity contribution in [3.63, 3.8) is 0 Å². The van der Waals surface area contributed by atoms with E-state index >= 15 is 0 Å². The molecule has 0 aliphatic heterocycles. The summed E-state index contributed by atoms with van der Waals surface area (Å²) < 4.78 is 6.82. The first-order chi connectivity index (χ1) is 13.4. The van der Waals surface area contributed by atoms with E-state index in [2.05, 4.69) is 0 Å². The van der Waals surface area contributed by atoms with Gasteiger partial charge in [0, 0.05) is 35.5 Å². The number of ether oxygens (including phenoxy) is 1. The van der Waals surface area contributed by atoms with Gasteiger partial charge in [0.1, 0.15) is 5.75 Å². The Morgan fingerprint density at radius 1 is 1.18 bits per heavy atom. The number of rotatable bonds is 6. The van der Waals surface area contributed by atoms with Gasteiger partial charge in [-0.15, -0.1) is 0 Å². The number of hydrogen-bond acceptors (Lipinski definition) is 5. The Morgan fingerprint density at radius 2 is 1.96 bits per heavy atom. The minimum atomic E-state index is -0.665. The van der Waals surface area contributed by atoms with Crippen molar-refractivity contribution >= 4 is 11.6 Å². The summed E-state index contributed by atoms with van der Waals surface area (Å²) in [5.41, 5.74) is 7.04. The van der Waals surface area contributed by atoms with E-state index < -0.39 is 10.8 Å². The fourth-order valence-corrected chi connectivity index (χ4v) is 2.85. The van der Waals surface area contributed by atoms with E-state index in [1.807, 2.05) is 6.07 Å². The number of primary amides is 1. The third-order valence-corrected chi connectivity index (χ3v) is 4.27. The van der Waals surface area contributed by atoms with Gasteiger partial charge in [-0.1, -0.05) is 18.2 Å². The molecule has 0 bridgehead atoms. The number of aromatic nitrogens is 1. The zero-order valence-electron chi connectivity index (χ0n) is 15.0. The van der Waals surface area contributed by atoms with Crippen LogP contribution in [0.1, 0.15) is 15.9 Å². The maximum Gasteiger partial charge on any atom is 0.270 e. The molecule has 142 valence electrons. The van der Waals surface area contributed by atoms with Gasteiger partial charge in [-0.2, -0.15) is 0 Å². The van der Waals surface area contributed by atoms with Gasteiger partial charge in [0.25, 0.3) is 11.2 Å². The average Bonchev–Trinajstić information content (AvgIpc) is 2.69. The van der Waals surface area contributed by atoms with E-state index in [1.54, 1.807) is 24.3 Å². The highest BCUT2D eigenvalue weighted by Gasteiger charge is 2.12. The normalized spacial score (nSPS) is 10.5. The number of non-ortho nitro benzene ring substituents is 1. The number of nitrogens with zero attached hydrogens (tertiary/aromatic N) is 2. The molecule has 3 rings (SSSR count). The van der Waals surface area contributed by atoms with Crippen LogP contribution in [0.5, 0.6) is 5.75 Å². The number of pyridine rings is 1.